The first-order chi connectivity index (χ1) is 16.2. The van der Waals surface area contributed by atoms with Crippen LogP contribution >= 0.6 is 11.8 Å². The van der Waals surface area contributed by atoms with Crippen LogP contribution in [0.15, 0.2) is 84.0 Å². The number of carbonyl (C=O) groups excluding carboxylic acids is 1. The summed E-state index contributed by atoms with van der Waals surface area (Å²) in [6.45, 7) is 2.53. The Morgan fingerprint density at radius 1 is 0.970 bits per heavy atom. The van der Waals surface area contributed by atoms with E-state index < -0.39 is 0 Å². The van der Waals surface area contributed by atoms with Gasteiger partial charge >= 0.3 is 0 Å². The number of anilines is 1. The van der Waals surface area contributed by atoms with E-state index in [1.807, 2.05) is 85.8 Å². The lowest BCUT2D eigenvalue weighted by atomic mass is 10.2. The number of thioether (sulfide) groups is 1. The van der Waals surface area contributed by atoms with Gasteiger partial charge in [-0.1, -0.05) is 54.2 Å². The predicted molar refractivity (Wildman–Crippen MR) is 131 cm³/mol. The molecule has 2 aromatic heterocycles. The topological polar surface area (TPSA) is 81.4 Å². The number of para-hydroxylation sites is 1. The second-order valence-electron chi connectivity index (χ2n) is 7.24. The highest BCUT2D eigenvalue weighted by atomic mass is 32.2. The Balaban J connectivity index is 1.41. The minimum atomic E-state index is -0.129. The average Bonchev–Trinajstić information content (AvgIpc) is 3.31. The highest BCUT2D eigenvalue weighted by Gasteiger charge is 2.16. The van der Waals surface area contributed by atoms with Crippen molar-refractivity contribution in [1.29, 1.82) is 0 Å². The molecule has 1 N–H and O–H groups in total. The van der Waals surface area contributed by atoms with Crippen molar-refractivity contribution in [2.75, 3.05) is 17.7 Å². The molecule has 7 nitrogen and oxygen atoms in total. The summed E-state index contributed by atoms with van der Waals surface area (Å²) in [7, 11) is 0. The smallest absolute Gasteiger partial charge is 0.234 e. The minimum Gasteiger partial charge on any atom is -0.494 e. The Labute approximate surface area is 194 Å². The van der Waals surface area contributed by atoms with Gasteiger partial charge in [0.15, 0.2) is 16.6 Å². The molecule has 0 saturated carbocycles. The van der Waals surface area contributed by atoms with Crippen molar-refractivity contribution in [3.63, 3.8) is 0 Å². The molecule has 1 amide bonds. The van der Waals surface area contributed by atoms with E-state index in [1.165, 1.54) is 11.8 Å². The molecule has 0 fully saturated rings. The summed E-state index contributed by atoms with van der Waals surface area (Å²) < 4.78 is 7.16. The van der Waals surface area contributed by atoms with Gasteiger partial charge in [-0.2, -0.15) is 4.52 Å². The first kappa shape index (κ1) is 21.0. The molecular formula is C25H21N5O2S. The molecule has 0 spiro atoms. The summed E-state index contributed by atoms with van der Waals surface area (Å²) in [6.07, 6.45) is 0. The molecule has 164 valence electrons. The molecule has 33 heavy (non-hydrogen) atoms. The van der Waals surface area contributed by atoms with E-state index in [-0.39, 0.29) is 11.7 Å². The van der Waals surface area contributed by atoms with Crippen molar-refractivity contribution < 1.29 is 9.53 Å². The van der Waals surface area contributed by atoms with Crippen LogP contribution in [0.25, 0.3) is 27.9 Å². The molecule has 5 aromatic rings. The van der Waals surface area contributed by atoms with Gasteiger partial charge in [0, 0.05) is 16.6 Å². The highest BCUT2D eigenvalue weighted by molar-refractivity contribution is 7.99. The van der Waals surface area contributed by atoms with Gasteiger partial charge in [-0.25, -0.2) is 9.97 Å². The number of rotatable bonds is 7. The second kappa shape index (κ2) is 9.30. The van der Waals surface area contributed by atoms with Crippen LogP contribution in [0.5, 0.6) is 5.75 Å². The van der Waals surface area contributed by atoms with Gasteiger partial charge in [0.1, 0.15) is 5.75 Å². The molecule has 0 aliphatic carbocycles. The average molecular weight is 456 g/mol. The molecule has 0 bridgehead atoms. The van der Waals surface area contributed by atoms with Gasteiger partial charge in [0.25, 0.3) is 0 Å². The van der Waals surface area contributed by atoms with Crippen molar-refractivity contribution in [2.45, 2.75) is 12.1 Å². The summed E-state index contributed by atoms with van der Waals surface area (Å²) in [6, 6.07) is 24.9. The number of nitrogens with zero attached hydrogens (tertiary/aromatic N) is 4. The van der Waals surface area contributed by atoms with Crippen molar-refractivity contribution in [2.24, 2.45) is 0 Å². The number of hydrogen-bond acceptors (Lipinski definition) is 6. The van der Waals surface area contributed by atoms with Gasteiger partial charge in [-0.15, -0.1) is 5.10 Å². The summed E-state index contributed by atoms with van der Waals surface area (Å²) in [4.78, 5) is 22.1. The van der Waals surface area contributed by atoms with Crippen LogP contribution in [0.4, 0.5) is 5.69 Å². The Bertz CT molecular complexity index is 1420. The molecule has 0 saturated heterocycles. The standard InChI is InChI=1S/C25H21N5O2S/c1-2-32-19-14-12-18(13-15-19)26-22(31)16-33-25-27-21-11-7-6-10-20(21)24-28-23(29-30(24)25)17-8-4-3-5-9-17/h3-15H,2,16H2,1H3,(H,26,31). The maximum Gasteiger partial charge on any atom is 0.234 e. The third kappa shape index (κ3) is 4.51. The normalized spacial score (nSPS) is 11.1. The van der Waals surface area contributed by atoms with E-state index in [1.54, 1.807) is 4.52 Å². The molecule has 0 aliphatic heterocycles. The molecular weight excluding hydrogens is 434 g/mol. The molecule has 2 heterocycles. The first-order valence-electron chi connectivity index (χ1n) is 10.6. The second-order valence-corrected chi connectivity index (χ2v) is 8.19. The van der Waals surface area contributed by atoms with Crippen LogP contribution in [0.1, 0.15) is 6.92 Å². The number of carbonyl (C=O) groups is 1. The number of amides is 1. The fraction of sp³-hybridized carbons (Fsp3) is 0.120. The molecule has 5 rings (SSSR count). The molecule has 3 aromatic carbocycles. The fourth-order valence-electron chi connectivity index (χ4n) is 3.46. The molecule has 0 radical (unpaired) electrons. The lowest BCUT2D eigenvalue weighted by molar-refractivity contribution is -0.113. The maximum atomic E-state index is 12.6. The number of nitrogens with one attached hydrogen (secondary N) is 1. The highest BCUT2D eigenvalue weighted by Crippen LogP contribution is 2.26. The van der Waals surface area contributed by atoms with E-state index in [0.717, 1.165) is 22.2 Å². The fourth-order valence-corrected chi connectivity index (χ4v) is 4.21. The van der Waals surface area contributed by atoms with Crippen LogP contribution in [0.2, 0.25) is 0 Å². The van der Waals surface area contributed by atoms with E-state index in [4.69, 9.17) is 19.8 Å². The molecule has 8 heteroatoms. The summed E-state index contributed by atoms with van der Waals surface area (Å²) >= 11 is 1.32. The van der Waals surface area contributed by atoms with Crippen LogP contribution in [-0.2, 0) is 4.79 Å². The van der Waals surface area contributed by atoms with Crippen LogP contribution in [-0.4, -0.2) is 37.8 Å². The van der Waals surface area contributed by atoms with E-state index in [0.29, 0.717) is 28.9 Å². The third-order valence-electron chi connectivity index (χ3n) is 4.96. The maximum absolute atomic E-state index is 12.6. The summed E-state index contributed by atoms with van der Waals surface area (Å²) in [5.41, 5.74) is 3.17. The van der Waals surface area contributed by atoms with Crippen molar-refractivity contribution in [3.8, 4) is 17.1 Å². The SMILES string of the molecule is CCOc1ccc(NC(=O)CSc2nc3ccccc3c3nc(-c4ccccc4)nn23)cc1. The third-order valence-corrected chi connectivity index (χ3v) is 5.89. The number of benzene rings is 3. The molecule has 0 aliphatic rings. The van der Waals surface area contributed by atoms with Gasteiger partial charge in [0.2, 0.25) is 5.91 Å². The Hall–Kier alpha value is -3.91. The Kier molecular flexibility index (Phi) is 5.91. The first-order valence-corrected chi connectivity index (χ1v) is 11.6. The number of fused-ring (bicyclic) bond motifs is 3. The monoisotopic (exact) mass is 455 g/mol. The van der Waals surface area contributed by atoms with Crippen LogP contribution in [0, 0.1) is 0 Å². The lowest BCUT2D eigenvalue weighted by Gasteiger charge is -2.08. The van der Waals surface area contributed by atoms with E-state index in [9.17, 15) is 4.79 Å². The largest absolute Gasteiger partial charge is 0.494 e. The van der Waals surface area contributed by atoms with Gasteiger partial charge in [0.05, 0.1) is 17.9 Å². The lowest BCUT2D eigenvalue weighted by Crippen LogP contribution is -2.14. The van der Waals surface area contributed by atoms with E-state index in [2.05, 4.69) is 5.32 Å². The van der Waals surface area contributed by atoms with Crippen molar-refractivity contribution in [1.82, 2.24) is 19.6 Å². The molecule has 0 unspecified atom stereocenters. The summed E-state index contributed by atoms with van der Waals surface area (Å²) in [5.74, 6) is 1.45. The van der Waals surface area contributed by atoms with Gasteiger partial charge in [-0.05, 0) is 43.3 Å². The molecule has 0 atom stereocenters. The number of aromatic nitrogens is 4. The van der Waals surface area contributed by atoms with Gasteiger partial charge < -0.3 is 10.1 Å². The van der Waals surface area contributed by atoms with Crippen LogP contribution < -0.4 is 10.1 Å². The Morgan fingerprint density at radius 2 is 1.73 bits per heavy atom. The van der Waals surface area contributed by atoms with Crippen molar-refractivity contribution in [3.05, 3.63) is 78.9 Å². The van der Waals surface area contributed by atoms with E-state index >= 15 is 0 Å². The zero-order valence-corrected chi connectivity index (χ0v) is 18.7. The number of hydrogen-bond donors (Lipinski definition) is 1. The Morgan fingerprint density at radius 3 is 2.52 bits per heavy atom. The minimum absolute atomic E-state index is 0.129. The summed E-state index contributed by atoms with van der Waals surface area (Å²) in [5, 5.41) is 9.13. The van der Waals surface area contributed by atoms with Crippen molar-refractivity contribution >= 4 is 39.9 Å². The number of ether oxygens (including phenoxy) is 1. The predicted octanol–water partition coefficient (Wildman–Crippen LogP) is 5.07. The van der Waals surface area contributed by atoms with Crippen LogP contribution in [0.3, 0.4) is 0 Å². The van der Waals surface area contributed by atoms with Gasteiger partial charge in [-0.3, -0.25) is 4.79 Å². The zero-order valence-electron chi connectivity index (χ0n) is 17.9. The zero-order chi connectivity index (χ0) is 22.6. The quantitative estimate of drug-likeness (QED) is 0.272.